The highest BCUT2D eigenvalue weighted by Gasteiger charge is 2.02. The zero-order chi connectivity index (χ0) is 11.4. The second-order valence-electron chi connectivity index (χ2n) is 3.17. The zero-order valence-electron chi connectivity index (χ0n) is 9.18. The molecule has 2 aromatic rings. The van der Waals surface area contributed by atoms with Gasteiger partial charge >= 0.3 is 0 Å². The van der Waals surface area contributed by atoms with E-state index in [4.69, 9.17) is 9.47 Å². The van der Waals surface area contributed by atoms with E-state index in [1.807, 2.05) is 24.3 Å². The lowest BCUT2D eigenvalue weighted by Gasteiger charge is -2.05. The highest BCUT2D eigenvalue weighted by atomic mass is 16.5. The largest absolute Gasteiger partial charge is 0.481 e. The molecular formula is C12H12N2O2. The van der Waals surface area contributed by atoms with Crippen molar-refractivity contribution in [3.63, 3.8) is 0 Å². The van der Waals surface area contributed by atoms with Gasteiger partial charge in [0.1, 0.15) is 0 Å². The Balaban J connectivity index is 2.41. The minimum Gasteiger partial charge on any atom is -0.481 e. The molecule has 0 radical (unpaired) electrons. The second-order valence-corrected chi connectivity index (χ2v) is 3.17. The van der Waals surface area contributed by atoms with Gasteiger partial charge in [0.15, 0.2) is 0 Å². The van der Waals surface area contributed by atoms with Crippen molar-refractivity contribution in [3.05, 3.63) is 36.7 Å². The molecule has 2 heterocycles. The summed E-state index contributed by atoms with van der Waals surface area (Å²) in [5.41, 5.74) is 2.04. The van der Waals surface area contributed by atoms with Crippen molar-refractivity contribution in [2.24, 2.45) is 0 Å². The van der Waals surface area contributed by atoms with E-state index >= 15 is 0 Å². The third kappa shape index (κ3) is 2.11. The minimum atomic E-state index is 0.591. The highest BCUT2D eigenvalue weighted by molar-refractivity contribution is 5.64. The van der Waals surface area contributed by atoms with Crippen molar-refractivity contribution >= 4 is 0 Å². The molecule has 0 fully saturated rings. The molecule has 82 valence electrons. The Morgan fingerprint density at radius 1 is 0.812 bits per heavy atom. The van der Waals surface area contributed by atoms with Crippen LogP contribution in [0.5, 0.6) is 11.8 Å². The Morgan fingerprint density at radius 2 is 1.25 bits per heavy atom. The summed E-state index contributed by atoms with van der Waals surface area (Å²) in [7, 11) is 3.19. The van der Waals surface area contributed by atoms with Crippen LogP contribution in [0.1, 0.15) is 0 Å². The summed E-state index contributed by atoms with van der Waals surface area (Å²) in [6.45, 7) is 0. The Labute approximate surface area is 93.9 Å². The van der Waals surface area contributed by atoms with Crippen molar-refractivity contribution in [3.8, 4) is 22.9 Å². The Morgan fingerprint density at radius 3 is 1.62 bits per heavy atom. The maximum atomic E-state index is 5.07. The van der Waals surface area contributed by atoms with Crippen LogP contribution < -0.4 is 9.47 Å². The van der Waals surface area contributed by atoms with E-state index in [2.05, 4.69) is 9.97 Å². The van der Waals surface area contributed by atoms with Gasteiger partial charge in [-0.25, -0.2) is 9.97 Å². The fourth-order valence-electron chi connectivity index (χ4n) is 1.40. The third-order valence-corrected chi connectivity index (χ3v) is 2.22. The van der Waals surface area contributed by atoms with Crippen LogP contribution in [0.25, 0.3) is 11.1 Å². The summed E-state index contributed by atoms with van der Waals surface area (Å²) in [5, 5.41) is 0. The second kappa shape index (κ2) is 4.61. The molecule has 0 atom stereocenters. The van der Waals surface area contributed by atoms with Gasteiger partial charge in [-0.2, -0.15) is 0 Å². The predicted octanol–water partition coefficient (Wildman–Crippen LogP) is 2.16. The normalized spacial score (nSPS) is 9.88. The van der Waals surface area contributed by atoms with Gasteiger partial charge in [-0.15, -0.1) is 0 Å². The van der Waals surface area contributed by atoms with Gasteiger partial charge in [0, 0.05) is 24.5 Å². The monoisotopic (exact) mass is 216 g/mol. The van der Waals surface area contributed by atoms with Crippen molar-refractivity contribution in [1.82, 2.24) is 9.97 Å². The average Bonchev–Trinajstić information content (AvgIpc) is 2.39. The van der Waals surface area contributed by atoms with E-state index in [1.54, 1.807) is 26.6 Å². The van der Waals surface area contributed by atoms with E-state index in [-0.39, 0.29) is 0 Å². The van der Waals surface area contributed by atoms with E-state index in [1.165, 1.54) is 0 Å². The molecule has 0 aliphatic carbocycles. The molecule has 0 N–H and O–H groups in total. The number of hydrogen-bond acceptors (Lipinski definition) is 4. The first-order chi connectivity index (χ1) is 7.83. The lowest BCUT2D eigenvalue weighted by Crippen LogP contribution is -1.89. The molecule has 0 saturated carbocycles. The Bertz CT molecular complexity index is 440. The minimum absolute atomic E-state index is 0.591. The summed E-state index contributed by atoms with van der Waals surface area (Å²) in [5.74, 6) is 1.18. The molecule has 0 spiro atoms. The first-order valence-corrected chi connectivity index (χ1v) is 4.84. The number of nitrogens with zero attached hydrogens (tertiary/aromatic N) is 2. The van der Waals surface area contributed by atoms with E-state index in [0.29, 0.717) is 11.8 Å². The summed E-state index contributed by atoms with van der Waals surface area (Å²) in [6, 6.07) is 7.57. The summed E-state index contributed by atoms with van der Waals surface area (Å²) >= 11 is 0. The predicted molar refractivity (Wildman–Crippen MR) is 60.6 cm³/mol. The van der Waals surface area contributed by atoms with Crippen molar-refractivity contribution in [1.29, 1.82) is 0 Å². The molecule has 16 heavy (non-hydrogen) atoms. The quantitative estimate of drug-likeness (QED) is 0.788. The van der Waals surface area contributed by atoms with Gasteiger partial charge < -0.3 is 9.47 Å². The molecule has 2 aromatic heterocycles. The number of methoxy groups -OCH3 is 2. The number of pyridine rings is 2. The van der Waals surface area contributed by atoms with E-state index in [9.17, 15) is 0 Å². The smallest absolute Gasteiger partial charge is 0.213 e. The molecular weight excluding hydrogens is 204 g/mol. The highest BCUT2D eigenvalue weighted by Crippen LogP contribution is 2.23. The number of ether oxygens (including phenoxy) is 2. The van der Waals surface area contributed by atoms with Crippen LogP contribution in [0.2, 0.25) is 0 Å². The van der Waals surface area contributed by atoms with Crippen LogP contribution in [0, 0.1) is 0 Å². The topological polar surface area (TPSA) is 44.2 Å². The fourth-order valence-corrected chi connectivity index (χ4v) is 1.40. The van der Waals surface area contributed by atoms with Crippen LogP contribution >= 0.6 is 0 Å². The SMILES string of the molecule is COc1cc(-c2ccnc(OC)c2)ccn1. The van der Waals surface area contributed by atoms with Gasteiger partial charge in [-0.3, -0.25) is 0 Å². The first-order valence-electron chi connectivity index (χ1n) is 4.84. The van der Waals surface area contributed by atoms with Gasteiger partial charge in [-0.1, -0.05) is 0 Å². The molecule has 0 amide bonds. The standard InChI is InChI=1S/C12H12N2O2/c1-15-11-7-9(3-5-13-11)10-4-6-14-12(8-10)16-2/h3-8H,1-2H3. The fraction of sp³-hybridized carbons (Fsp3) is 0.167. The summed E-state index contributed by atoms with van der Waals surface area (Å²) in [6.07, 6.45) is 3.42. The molecule has 0 unspecified atom stereocenters. The van der Waals surface area contributed by atoms with Crippen LogP contribution in [-0.4, -0.2) is 24.2 Å². The molecule has 4 heteroatoms. The molecule has 0 aliphatic rings. The number of aromatic nitrogens is 2. The van der Waals surface area contributed by atoms with E-state index in [0.717, 1.165) is 11.1 Å². The zero-order valence-corrected chi connectivity index (χ0v) is 9.18. The Kier molecular flexibility index (Phi) is 3.00. The Hall–Kier alpha value is -2.10. The first kappa shape index (κ1) is 10.4. The maximum absolute atomic E-state index is 5.07. The maximum Gasteiger partial charge on any atom is 0.213 e. The average molecular weight is 216 g/mol. The molecule has 0 aliphatic heterocycles. The molecule has 0 bridgehead atoms. The van der Waals surface area contributed by atoms with Gasteiger partial charge in [-0.05, 0) is 23.3 Å². The van der Waals surface area contributed by atoms with Crippen LogP contribution in [0.15, 0.2) is 36.7 Å². The van der Waals surface area contributed by atoms with Crippen molar-refractivity contribution in [2.75, 3.05) is 14.2 Å². The van der Waals surface area contributed by atoms with Gasteiger partial charge in [0.2, 0.25) is 11.8 Å². The van der Waals surface area contributed by atoms with E-state index < -0.39 is 0 Å². The lowest BCUT2D eigenvalue weighted by molar-refractivity contribution is 0.397. The molecule has 0 aromatic carbocycles. The van der Waals surface area contributed by atoms with Crippen molar-refractivity contribution < 1.29 is 9.47 Å². The third-order valence-electron chi connectivity index (χ3n) is 2.22. The lowest BCUT2D eigenvalue weighted by atomic mass is 10.1. The van der Waals surface area contributed by atoms with Gasteiger partial charge in [0.25, 0.3) is 0 Å². The van der Waals surface area contributed by atoms with Gasteiger partial charge in [0.05, 0.1) is 14.2 Å². The number of hydrogen-bond donors (Lipinski definition) is 0. The summed E-state index contributed by atoms with van der Waals surface area (Å²) in [4.78, 5) is 8.11. The molecule has 0 saturated heterocycles. The van der Waals surface area contributed by atoms with Crippen LogP contribution in [0.3, 0.4) is 0 Å². The molecule has 4 nitrogen and oxygen atoms in total. The number of rotatable bonds is 3. The van der Waals surface area contributed by atoms with Crippen molar-refractivity contribution in [2.45, 2.75) is 0 Å². The summed E-state index contributed by atoms with van der Waals surface area (Å²) < 4.78 is 10.1. The van der Waals surface area contributed by atoms with Crippen LogP contribution in [-0.2, 0) is 0 Å². The molecule has 2 rings (SSSR count). The van der Waals surface area contributed by atoms with Crippen LogP contribution in [0.4, 0.5) is 0 Å².